The number of amides is 1. The lowest BCUT2D eigenvalue weighted by Gasteiger charge is -2.46. The molecule has 6 nitrogen and oxygen atoms in total. The highest BCUT2D eigenvalue weighted by Crippen LogP contribution is 2.44. The predicted molar refractivity (Wildman–Crippen MR) is 81.2 cm³/mol. The maximum Gasteiger partial charge on any atom is 0.224 e. The molecule has 0 aliphatic heterocycles. The Kier molecular flexibility index (Phi) is 4.66. The first-order valence-electron chi connectivity index (χ1n) is 7.77. The van der Waals surface area contributed by atoms with Crippen molar-refractivity contribution in [1.82, 2.24) is 20.1 Å². The van der Waals surface area contributed by atoms with E-state index in [-0.39, 0.29) is 23.3 Å². The number of hydrogen-bond acceptors (Lipinski definition) is 4. The van der Waals surface area contributed by atoms with E-state index in [2.05, 4.69) is 36.3 Å². The van der Waals surface area contributed by atoms with Crippen molar-refractivity contribution in [2.24, 2.45) is 23.0 Å². The van der Waals surface area contributed by atoms with Gasteiger partial charge in [-0.3, -0.25) is 4.79 Å². The van der Waals surface area contributed by atoms with Crippen molar-refractivity contribution in [3.63, 3.8) is 0 Å². The summed E-state index contributed by atoms with van der Waals surface area (Å²) in [6.07, 6.45) is 3.45. The van der Waals surface area contributed by atoms with E-state index in [0.29, 0.717) is 12.5 Å². The van der Waals surface area contributed by atoms with Crippen LogP contribution in [0.15, 0.2) is 6.33 Å². The fourth-order valence-corrected chi connectivity index (χ4v) is 3.29. The van der Waals surface area contributed by atoms with E-state index in [1.54, 1.807) is 6.33 Å². The number of carbonyl (C=O) groups excluding carboxylic acids is 1. The molecule has 1 aromatic heterocycles. The number of rotatable bonds is 4. The highest BCUT2D eigenvalue weighted by Gasteiger charge is 2.44. The SMILES string of the molecule is CCn1cnnc1CNC(=O)C1CCC(N)C(C)C1(C)C. The summed E-state index contributed by atoms with van der Waals surface area (Å²) in [4.78, 5) is 12.6. The zero-order valence-corrected chi connectivity index (χ0v) is 13.5. The van der Waals surface area contributed by atoms with Crippen molar-refractivity contribution in [2.45, 2.75) is 59.7 Å². The summed E-state index contributed by atoms with van der Waals surface area (Å²) >= 11 is 0. The van der Waals surface area contributed by atoms with Gasteiger partial charge in [0.05, 0.1) is 6.54 Å². The van der Waals surface area contributed by atoms with Crippen LogP contribution in [0.3, 0.4) is 0 Å². The highest BCUT2D eigenvalue weighted by atomic mass is 16.1. The van der Waals surface area contributed by atoms with Crippen molar-refractivity contribution < 1.29 is 4.79 Å². The van der Waals surface area contributed by atoms with Gasteiger partial charge >= 0.3 is 0 Å². The third-order valence-electron chi connectivity index (χ3n) is 5.28. The molecule has 3 unspecified atom stereocenters. The molecular weight excluding hydrogens is 266 g/mol. The van der Waals surface area contributed by atoms with Gasteiger partial charge in [-0.05, 0) is 31.1 Å². The molecule has 2 rings (SSSR count). The maximum atomic E-state index is 12.6. The van der Waals surface area contributed by atoms with E-state index in [4.69, 9.17) is 5.73 Å². The van der Waals surface area contributed by atoms with Crippen LogP contribution in [0.4, 0.5) is 0 Å². The lowest BCUT2D eigenvalue weighted by Crippen LogP contribution is -2.51. The van der Waals surface area contributed by atoms with Crippen LogP contribution in [0.2, 0.25) is 0 Å². The lowest BCUT2D eigenvalue weighted by molar-refractivity contribution is -0.132. The monoisotopic (exact) mass is 293 g/mol. The molecule has 1 amide bonds. The molecule has 1 heterocycles. The summed E-state index contributed by atoms with van der Waals surface area (Å²) in [5.74, 6) is 1.24. The first kappa shape index (κ1) is 15.9. The number of nitrogens with zero attached hydrogens (tertiary/aromatic N) is 3. The highest BCUT2D eigenvalue weighted by molar-refractivity contribution is 5.79. The molecule has 118 valence electrons. The number of nitrogens with two attached hydrogens (primary N) is 1. The third kappa shape index (κ3) is 3.10. The predicted octanol–water partition coefficient (Wildman–Crippen LogP) is 1.31. The van der Waals surface area contributed by atoms with E-state index < -0.39 is 0 Å². The molecular formula is C15H27N5O. The largest absolute Gasteiger partial charge is 0.349 e. The molecule has 0 bridgehead atoms. The van der Waals surface area contributed by atoms with Crippen LogP contribution in [-0.2, 0) is 17.9 Å². The van der Waals surface area contributed by atoms with Crippen molar-refractivity contribution in [1.29, 1.82) is 0 Å². The van der Waals surface area contributed by atoms with Gasteiger partial charge in [-0.25, -0.2) is 0 Å². The molecule has 0 aromatic carbocycles. The molecule has 1 aliphatic carbocycles. The Balaban J connectivity index is 2.00. The van der Waals surface area contributed by atoms with Crippen LogP contribution in [0.25, 0.3) is 0 Å². The Morgan fingerprint density at radius 3 is 2.90 bits per heavy atom. The quantitative estimate of drug-likeness (QED) is 0.876. The summed E-state index contributed by atoms with van der Waals surface area (Å²) in [6, 6.07) is 0.187. The number of aryl methyl sites for hydroxylation is 1. The Bertz CT molecular complexity index is 496. The zero-order valence-electron chi connectivity index (χ0n) is 13.5. The Morgan fingerprint density at radius 2 is 2.24 bits per heavy atom. The van der Waals surface area contributed by atoms with E-state index >= 15 is 0 Å². The van der Waals surface area contributed by atoms with Crippen LogP contribution >= 0.6 is 0 Å². The standard InChI is InChI=1S/C15H27N5O/c1-5-20-9-18-19-13(20)8-17-14(21)11-6-7-12(16)10(2)15(11,3)4/h9-12H,5-8,16H2,1-4H3,(H,17,21). The van der Waals surface area contributed by atoms with Crippen LogP contribution in [0.1, 0.15) is 46.4 Å². The van der Waals surface area contributed by atoms with Gasteiger partial charge in [-0.1, -0.05) is 20.8 Å². The van der Waals surface area contributed by atoms with Gasteiger partial charge in [0.25, 0.3) is 0 Å². The second-order valence-electron chi connectivity index (χ2n) is 6.65. The number of carbonyl (C=O) groups is 1. The summed E-state index contributed by atoms with van der Waals surface area (Å²) in [5.41, 5.74) is 6.07. The second kappa shape index (κ2) is 6.13. The normalized spacial score (nSPS) is 28.3. The van der Waals surface area contributed by atoms with Gasteiger partial charge in [0.1, 0.15) is 6.33 Å². The zero-order chi connectivity index (χ0) is 15.6. The second-order valence-corrected chi connectivity index (χ2v) is 6.65. The molecule has 21 heavy (non-hydrogen) atoms. The first-order chi connectivity index (χ1) is 9.87. The summed E-state index contributed by atoms with van der Waals surface area (Å²) in [5, 5.41) is 10.9. The fourth-order valence-electron chi connectivity index (χ4n) is 3.29. The summed E-state index contributed by atoms with van der Waals surface area (Å²) in [7, 11) is 0. The topological polar surface area (TPSA) is 85.8 Å². The Morgan fingerprint density at radius 1 is 1.52 bits per heavy atom. The maximum absolute atomic E-state index is 12.6. The van der Waals surface area contributed by atoms with E-state index in [0.717, 1.165) is 25.2 Å². The molecule has 0 spiro atoms. The van der Waals surface area contributed by atoms with Crippen LogP contribution in [0, 0.1) is 17.3 Å². The van der Waals surface area contributed by atoms with E-state index in [1.807, 2.05) is 11.5 Å². The molecule has 1 aliphatic rings. The van der Waals surface area contributed by atoms with Crippen LogP contribution < -0.4 is 11.1 Å². The van der Waals surface area contributed by atoms with Crippen molar-refractivity contribution in [3.05, 3.63) is 12.2 Å². The average molecular weight is 293 g/mol. The van der Waals surface area contributed by atoms with Crippen molar-refractivity contribution in [3.8, 4) is 0 Å². The third-order valence-corrected chi connectivity index (χ3v) is 5.28. The van der Waals surface area contributed by atoms with Crippen LogP contribution in [0.5, 0.6) is 0 Å². The molecule has 0 radical (unpaired) electrons. The van der Waals surface area contributed by atoms with Crippen molar-refractivity contribution >= 4 is 5.91 Å². The van der Waals surface area contributed by atoms with Crippen LogP contribution in [-0.4, -0.2) is 26.7 Å². The molecule has 1 aromatic rings. The molecule has 6 heteroatoms. The lowest BCUT2D eigenvalue weighted by atomic mass is 9.61. The molecule has 1 fully saturated rings. The van der Waals surface area contributed by atoms with E-state index in [9.17, 15) is 4.79 Å². The average Bonchev–Trinajstić information content (AvgIpc) is 2.90. The minimum Gasteiger partial charge on any atom is -0.349 e. The smallest absolute Gasteiger partial charge is 0.224 e. The molecule has 3 atom stereocenters. The fraction of sp³-hybridized carbons (Fsp3) is 0.800. The Labute approximate surface area is 126 Å². The van der Waals surface area contributed by atoms with Gasteiger partial charge in [0.2, 0.25) is 5.91 Å². The minimum atomic E-state index is -0.0832. The van der Waals surface area contributed by atoms with Gasteiger partial charge in [0.15, 0.2) is 5.82 Å². The number of aromatic nitrogens is 3. The van der Waals surface area contributed by atoms with Gasteiger partial charge in [-0.2, -0.15) is 0 Å². The van der Waals surface area contributed by atoms with Gasteiger partial charge in [-0.15, -0.1) is 10.2 Å². The number of nitrogens with one attached hydrogen (secondary N) is 1. The minimum absolute atomic E-state index is 0.00491. The molecule has 1 saturated carbocycles. The van der Waals surface area contributed by atoms with Crippen molar-refractivity contribution in [2.75, 3.05) is 0 Å². The summed E-state index contributed by atoms with van der Waals surface area (Å²) in [6.45, 7) is 9.71. The Hall–Kier alpha value is -1.43. The molecule has 0 saturated heterocycles. The summed E-state index contributed by atoms with van der Waals surface area (Å²) < 4.78 is 1.94. The van der Waals surface area contributed by atoms with E-state index in [1.165, 1.54) is 0 Å². The van der Waals surface area contributed by atoms with Gasteiger partial charge in [0, 0.05) is 18.5 Å². The first-order valence-corrected chi connectivity index (χ1v) is 7.77. The number of hydrogen-bond donors (Lipinski definition) is 2. The molecule has 3 N–H and O–H groups in total. The van der Waals surface area contributed by atoms with Gasteiger partial charge < -0.3 is 15.6 Å².